The Bertz CT molecular complexity index is 36.6. The Hall–Kier alpha value is -0.240. The molecule has 0 amide bonds. The van der Waals surface area contributed by atoms with Crippen LogP contribution in [-0.4, -0.2) is 17.3 Å². The van der Waals surface area contributed by atoms with Gasteiger partial charge in [0.2, 0.25) is 0 Å². The van der Waals surface area contributed by atoms with E-state index in [2.05, 4.69) is 11.4 Å². The van der Waals surface area contributed by atoms with Crippen LogP contribution in [0.5, 0.6) is 0 Å². The Morgan fingerprint density at radius 2 is 2.60 bits per heavy atom. The molecule has 0 saturated heterocycles. The molecule has 1 N–H and O–H groups in total. The van der Waals surface area contributed by atoms with Gasteiger partial charge in [-0.2, -0.15) is 0 Å². The maximum atomic E-state index is 7.50. The van der Waals surface area contributed by atoms with Crippen molar-refractivity contribution in [2.24, 2.45) is 5.16 Å². The summed E-state index contributed by atoms with van der Waals surface area (Å²) >= 11 is 4.94. The molecule has 0 atom stereocenters. The molecule has 0 spiro atoms. The average Bonchev–Trinajstić information content (AvgIpc) is 1.41. The third kappa shape index (κ3) is 3.76. The number of halogens is 1. The predicted octanol–water partition coefficient (Wildman–Crippen LogP) is 0.562. The van der Waals surface area contributed by atoms with Gasteiger partial charge in [-0.15, -0.1) is 11.6 Å². The molecule has 0 aliphatic carbocycles. The van der Waals surface area contributed by atoms with Crippen LogP contribution >= 0.6 is 11.6 Å². The Morgan fingerprint density at radius 3 is 2.60 bits per heavy atom. The van der Waals surface area contributed by atoms with Crippen molar-refractivity contribution < 1.29 is 5.21 Å². The number of nitrogens with zero attached hydrogens (tertiary/aromatic N) is 1. The van der Waals surface area contributed by atoms with Crippen LogP contribution in [0.3, 0.4) is 0 Å². The Morgan fingerprint density at radius 1 is 2.00 bits per heavy atom. The summed E-state index contributed by atoms with van der Waals surface area (Å²) in [7, 11) is 0. The van der Waals surface area contributed by atoms with E-state index in [9.17, 15) is 0 Å². The second-order valence-electron chi connectivity index (χ2n) is 0.392. The highest BCUT2D eigenvalue weighted by molar-refractivity contribution is 6.24. The van der Waals surface area contributed by atoms with Gasteiger partial charge in [0.1, 0.15) is 6.21 Å². The van der Waals surface area contributed by atoms with Gasteiger partial charge in [0.05, 0.1) is 5.88 Å². The molecule has 0 bridgehead atoms. The summed E-state index contributed by atoms with van der Waals surface area (Å²) < 4.78 is 0. The van der Waals surface area contributed by atoms with Crippen LogP contribution in [-0.2, 0) is 0 Å². The zero-order chi connectivity index (χ0) is 4.12. The molecule has 0 heterocycles. The lowest BCUT2D eigenvalue weighted by Crippen LogP contribution is -1.67. The summed E-state index contributed by atoms with van der Waals surface area (Å²) in [6.07, 6.45) is 2.06. The summed E-state index contributed by atoms with van der Waals surface area (Å²) in [4.78, 5) is 0. The molecule has 3 heteroatoms. The van der Waals surface area contributed by atoms with Crippen LogP contribution in [0, 0.1) is 0 Å². The largest absolute Gasteiger partial charge is 0.411 e. The van der Waals surface area contributed by atoms with Crippen LogP contribution in [0.2, 0.25) is 0 Å². The van der Waals surface area contributed by atoms with E-state index in [1.54, 1.807) is 0 Å². The van der Waals surface area contributed by atoms with E-state index >= 15 is 0 Å². The van der Waals surface area contributed by atoms with Crippen LogP contribution < -0.4 is 0 Å². The maximum absolute atomic E-state index is 7.50. The average molecular weight is 92.5 g/mol. The lowest BCUT2D eigenvalue weighted by molar-refractivity contribution is 0.321. The molecule has 0 aliphatic heterocycles. The molecule has 0 rings (SSSR count). The minimum Gasteiger partial charge on any atom is -0.411 e. The summed E-state index contributed by atoms with van der Waals surface area (Å²) in [5.41, 5.74) is 0. The first-order valence-corrected chi connectivity index (χ1v) is 1.58. The van der Waals surface area contributed by atoms with Gasteiger partial charge in [-0.05, 0) is 0 Å². The zero-order valence-electron chi connectivity index (χ0n) is 2.48. The van der Waals surface area contributed by atoms with Gasteiger partial charge in [-0.3, -0.25) is 0 Å². The van der Waals surface area contributed by atoms with Crippen molar-refractivity contribution in [3.05, 3.63) is 0 Å². The van der Waals surface area contributed by atoms with E-state index < -0.39 is 0 Å². The van der Waals surface area contributed by atoms with Crippen molar-refractivity contribution in [1.82, 2.24) is 0 Å². The minimum atomic E-state index is 0.149. The molecule has 0 saturated carbocycles. The molecule has 0 aromatic heterocycles. The first-order chi connectivity index (χ1) is 2.41. The normalized spacial score (nSPS) is 9.80. The lowest BCUT2D eigenvalue weighted by Gasteiger charge is -1.61. The van der Waals surface area contributed by atoms with Gasteiger partial charge in [-0.1, -0.05) is 5.16 Å². The van der Waals surface area contributed by atoms with Crippen LogP contribution in [0.25, 0.3) is 0 Å². The van der Waals surface area contributed by atoms with E-state index in [0.717, 1.165) is 0 Å². The molecular formula is C2H3ClNO. The summed E-state index contributed by atoms with van der Waals surface area (Å²) in [6, 6.07) is 0. The second-order valence-corrected chi connectivity index (χ2v) is 0.659. The highest BCUT2D eigenvalue weighted by atomic mass is 35.5. The molecule has 0 unspecified atom stereocenters. The number of hydrogen-bond acceptors (Lipinski definition) is 2. The zero-order valence-corrected chi connectivity index (χ0v) is 3.24. The maximum Gasteiger partial charge on any atom is 0.120 e. The van der Waals surface area contributed by atoms with Gasteiger partial charge in [-0.25, -0.2) is 0 Å². The summed E-state index contributed by atoms with van der Waals surface area (Å²) in [5, 5.41) is 9.97. The minimum absolute atomic E-state index is 0.149. The summed E-state index contributed by atoms with van der Waals surface area (Å²) in [5.74, 6) is 0.149. The third-order valence-corrected chi connectivity index (χ3v) is 0.250. The van der Waals surface area contributed by atoms with Crippen molar-refractivity contribution in [2.75, 3.05) is 5.88 Å². The summed E-state index contributed by atoms with van der Waals surface area (Å²) in [6.45, 7) is 0. The fourth-order valence-corrected chi connectivity index (χ4v) is 0.0802. The molecule has 29 valence electrons. The molecule has 0 aromatic rings. The highest BCUT2D eigenvalue weighted by Gasteiger charge is 1.60. The smallest absolute Gasteiger partial charge is 0.120 e. The van der Waals surface area contributed by atoms with Crippen molar-refractivity contribution in [2.45, 2.75) is 0 Å². The topological polar surface area (TPSA) is 32.6 Å². The molecule has 0 fully saturated rings. The molecule has 0 aliphatic rings. The SMILES string of the molecule is O/N=[C]/CCl. The van der Waals surface area contributed by atoms with Crippen LogP contribution in [0.15, 0.2) is 5.16 Å². The third-order valence-electron chi connectivity index (χ3n) is 0.130. The molecule has 1 radical (unpaired) electrons. The first kappa shape index (κ1) is 4.76. The van der Waals surface area contributed by atoms with Gasteiger partial charge in [0, 0.05) is 0 Å². The van der Waals surface area contributed by atoms with Crippen LogP contribution in [0.1, 0.15) is 0 Å². The van der Waals surface area contributed by atoms with Crippen molar-refractivity contribution in [3.8, 4) is 0 Å². The fraction of sp³-hybridized carbons (Fsp3) is 0.500. The molecule has 2 nitrogen and oxygen atoms in total. The van der Waals surface area contributed by atoms with Crippen molar-refractivity contribution >= 4 is 17.8 Å². The molecule has 0 aromatic carbocycles. The quantitative estimate of drug-likeness (QED) is 0.218. The monoisotopic (exact) mass is 92.0 g/mol. The Labute approximate surface area is 35.1 Å². The Kier molecular flexibility index (Phi) is 3.58. The number of alkyl halides is 1. The van der Waals surface area contributed by atoms with Gasteiger partial charge in [0.25, 0.3) is 0 Å². The lowest BCUT2D eigenvalue weighted by atomic mass is 10.9. The van der Waals surface area contributed by atoms with Crippen LogP contribution in [0.4, 0.5) is 0 Å². The van der Waals surface area contributed by atoms with Crippen molar-refractivity contribution in [3.63, 3.8) is 0 Å². The highest BCUT2D eigenvalue weighted by Crippen LogP contribution is 1.62. The first-order valence-electron chi connectivity index (χ1n) is 1.04. The molecule has 5 heavy (non-hydrogen) atoms. The van der Waals surface area contributed by atoms with Gasteiger partial charge in [0.15, 0.2) is 0 Å². The number of hydrogen-bond donors (Lipinski definition) is 1. The number of rotatable bonds is 1. The Balaban J connectivity index is 2.62. The van der Waals surface area contributed by atoms with Crippen molar-refractivity contribution in [1.29, 1.82) is 0 Å². The van der Waals surface area contributed by atoms with E-state index in [-0.39, 0.29) is 5.88 Å². The second kappa shape index (κ2) is 3.76. The van der Waals surface area contributed by atoms with E-state index in [1.165, 1.54) is 0 Å². The van der Waals surface area contributed by atoms with Gasteiger partial charge >= 0.3 is 0 Å². The standard InChI is InChI=1S/C2H3ClNO/c3-1-2-4-5/h5H,1H2. The fourth-order valence-electron chi connectivity index (χ4n) is 0.0267. The van der Waals surface area contributed by atoms with E-state index in [1.807, 2.05) is 0 Å². The molecular weight excluding hydrogens is 89.5 g/mol. The van der Waals surface area contributed by atoms with E-state index in [0.29, 0.717) is 0 Å². The predicted molar refractivity (Wildman–Crippen MR) is 19.9 cm³/mol. The van der Waals surface area contributed by atoms with E-state index in [4.69, 9.17) is 16.8 Å². The van der Waals surface area contributed by atoms with Gasteiger partial charge < -0.3 is 5.21 Å².